The van der Waals surface area contributed by atoms with Crippen LogP contribution in [0.1, 0.15) is 28.5 Å². The fourth-order valence-electron chi connectivity index (χ4n) is 3.47. The normalized spacial score (nSPS) is 17.9. The van der Waals surface area contributed by atoms with Crippen molar-refractivity contribution in [1.82, 2.24) is 15.6 Å². The number of nitrogens with zero attached hydrogens (tertiary/aromatic N) is 1. The van der Waals surface area contributed by atoms with Gasteiger partial charge in [-0.1, -0.05) is 48.5 Å². The Morgan fingerprint density at radius 3 is 2.68 bits per heavy atom. The summed E-state index contributed by atoms with van der Waals surface area (Å²) in [6.45, 7) is 1.20. The van der Waals surface area contributed by atoms with Crippen molar-refractivity contribution < 1.29 is 9.53 Å². The summed E-state index contributed by atoms with van der Waals surface area (Å²) in [5.74, 6) is 1.64. The summed E-state index contributed by atoms with van der Waals surface area (Å²) in [5, 5.41) is 6.53. The number of nitrogens with one attached hydrogen (secondary N) is 2. The minimum absolute atomic E-state index is 0.0279. The number of amides is 1. The maximum absolute atomic E-state index is 12.5. The Labute approximate surface area is 187 Å². The number of benzene rings is 2. The molecule has 0 bridgehead atoms. The van der Waals surface area contributed by atoms with Gasteiger partial charge in [0.05, 0.1) is 18.0 Å². The SMILES string of the molecule is O=C(NCc1ccc(OCCCc2ccccc2)cc1)[C@@H]1CSC(c2cccnc2)N1. The van der Waals surface area contributed by atoms with Gasteiger partial charge in [-0.3, -0.25) is 15.1 Å². The fraction of sp³-hybridized carbons (Fsp3) is 0.280. The molecule has 2 aromatic carbocycles. The van der Waals surface area contributed by atoms with E-state index >= 15 is 0 Å². The molecular formula is C25H27N3O2S. The molecule has 3 aromatic rings. The maximum atomic E-state index is 12.5. The van der Waals surface area contributed by atoms with Crippen molar-refractivity contribution in [3.05, 3.63) is 95.8 Å². The third-order valence-electron chi connectivity index (χ3n) is 5.20. The van der Waals surface area contributed by atoms with Crippen molar-refractivity contribution in [1.29, 1.82) is 0 Å². The Morgan fingerprint density at radius 1 is 1.06 bits per heavy atom. The van der Waals surface area contributed by atoms with Gasteiger partial charge in [0.2, 0.25) is 5.91 Å². The summed E-state index contributed by atoms with van der Waals surface area (Å²) in [5.41, 5.74) is 3.49. The summed E-state index contributed by atoms with van der Waals surface area (Å²) in [7, 11) is 0. The summed E-state index contributed by atoms with van der Waals surface area (Å²) in [6.07, 6.45) is 5.60. The van der Waals surface area contributed by atoms with Crippen LogP contribution < -0.4 is 15.4 Å². The van der Waals surface area contributed by atoms with E-state index in [1.54, 1.807) is 18.0 Å². The number of carbonyl (C=O) groups is 1. The summed E-state index contributed by atoms with van der Waals surface area (Å²) < 4.78 is 5.84. The van der Waals surface area contributed by atoms with Gasteiger partial charge in [0.1, 0.15) is 5.75 Å². The monoisotopic (exact) mass is 433 g/mol. The quantitative estimate of drug-likeness (QED) is 0.497. The highest BCUT2D eigenvalue weighted by atomic mass is 32.2. The zero-order valence-corrected chi connectivity index (χ0v) is 18.2. The maximum Gasteiger partial charge on any atom is 0.238 e. The molecule has 6 heteroatoms. The Bertz CT molecular complexity index is 952. The zero-order chi connectivity index (χ0) is 21.3. The molecule has 31 heavy (non-hydrogen) atoms. The molecule has 2 heterocycles. The highest BCUT2D eigenvalue weighted by molar-refractivity contribution is 7.99. The molecule has 1 unspecified atom stereocenters. The third-order valence-corrected chi connectivity index (χ3v) is 6.46. The number of pyridine rings is 1. The Kier molecular flexibility index (Phi) is 7.58. The van der Waals surface area contributed by atoms with Crippen molar-refractivity contribution in [2.24, 2.45) is 0 Å². The molecule has 4 rings (SSSR count). The summed E-state index contributed by atoms with van der Waals surface area (Å²) >= 11 is 1.73. The van der Waals surface area contributed by atoms with Gasteiger partial charge in [-0.25, -0.2) is 0 Å². The van der Waals surface area contributed by atoms with E-state index in [0.29, 0.717) is 13.2 Å². The second kappa shape index (κ2) is 11.0. The van der Waals surface area contributed by atoms with Gasteiger partial charge in [-0.2, -0.15) is 0 Å². The molecular weight excluding hydrogens is 406 g/mol. The van der Waals surface area contributed by atoms with Crippen molar-refractivity contribution >= 4 is 17.7 Å². The molecule has 5 nitrogen and oxygen atoms in total. The molecule has 160 valence electrons. The second-order valence-electron chi connectivity index (χ2n) is 7.52. The predicted octanol–water partition coefficient (Wildman–Crippen LogP) is 4.11. The minimum Gasteiger partial charge on any atom is -0.494 e. The number of hydrogen-bond donors (Lipinski definition) is 2. The first-order valence-electron chi connectivity index (χ1n) is 10.6. The number of aromatic nitrogens is 1. The molecule has 2 atom stereocenters. The largest absolute Gasteiger partial charge is 0.494 e. The Balaban J connectivity index is 1.17. The van der Waals surface area contributed by atoms with Crippen molar-refractivity contribution in [3.8, 4) is 5.75 Å². The van der Waals surface area contributed by atoms with Crippen LogP contribution >= 0.6 is 11.8 Å². The fourth-order valence-corrected chi connectivity index (χ4v) is 4.70. The van der Waals surface area contributed by atoms with Crippen LogP contribution in [0.3, 0.4) is 0 Å². The second-order valence-corrected chi connectivity index (χ2v) is 8.66. The Hall–Kier alpha value is -2.83. The topological polar surface area (TPSA) is 63.2 Å². The molecule has 2 N–H and O–H groups in total. The number of ether oxygens (including phenoxy) is 1. The highest BCUT2D eigenvalue weighted by Crippen LogP contribution is 2.32. The van der Waals surface area contributed by atoms with Crippen LogP contribution in [-0.2, 0) is 17.8 Å². The first kappa shape index (κ1) is 21.4. The predicted molar refractivity (Wildman–Crippen MR) is 125 cm³/mol. The van der Waals surface area contributed by atoms with E-state index in [0.717, 1.165) is 35.5 Å². The van der Waals surface area contributed by atoms with Crippen LogP contribution in [0.15, 0.2) is 79.1 Å². The summed E-state index contributed by atoms with van der Waals surface area (Å²) in [6, 6.07) is 22.1. The zero-order valence-electron chi connectivity index (χ0n) is 17.4. The van der Waals surface area contributed by atoms with Gasteiger partial charge in [0.15, 0.2) is 0 Å². The van der Waals surface area contributed by atoms with E-state index in [1.807, 2.05) is 48.7 Å². The van der Waals surface area contributed by atoms with Crippen LogP contribution in [0.25, 0.3) is 0 Å². The third kappa shape index (κ3) is 6.32. The van der Waals surface area contributed by atoms with Crippen LogP contribution in [0.4, 0.5) is 0 Å². The molecule has 1 aliphatic heterocycles. The molecule has 1 aliphatic rings. The van der Waals surface area contributed by atoms with Crippen molar-refractivity contribution in [3.63, 3.8) is 0 Å². The summed E-state index contributed by atoms with van der Waals surface area (Å²) in [4.78, 5) is 16.7. The van der Waals surface area contributed by atoms with E-state index in [1.165, 1.54) is 5.56 Å². The molecule has 1 fully saturated rings. The van der Waals surface area contributed by atoms with E-state index in [-0.39, 0.29) is 17.3 Å². The average molecular weight is 434 g/mol. The standard InChI is InChI=1S/C25H27N3O2S/c29-24(23-18-31-25(28-23)21-9-4-14-26-17-21)27-16-20-10-12-22(13-11-20)30-15-5-8-19-6-2-1-3-7-19/h1-4,6-7,9-14,17,23,25,28H,5,8,15-16,18H2,(H,27,29)/t23-,25?/m0/s1. The molecule has 0 spiro atoms. The minimum atomic E-state index is -0.192. The lowest BCUT2D eigenvalue weighted by molar-refractivity contribution is -0.122. The lowest BCUT2D eigenvalue weighted by atomic mass is 10.1. The van der Waals surface area contributed by atoms with Crippen molar-refractivity contribution in [2.45, 2.75) is 30.8 Å². The molecule has 1 aromatic heterocycles. The van der Waals surface area contributed by atoms with Crippen LogP contribution in [0.2, 0.25) is 0 Å². The lowest BCUT2D eigenvalue weighted by Gasteiger charge is -2.14. The Morgan fingerprint density at radius 2 is 1.90 bits per heavy atom. The van der Waals surface area contributed by atoms with Gasteiger partial charge in [0, 0.05) is 24.7 Å². The molecule has 0 saturated carbocycles. The van der Waals surface area contributed by atoms with Gasteiger partial charge in [0.25, 0.3) is 0 Å². The van der Waals surface area contributed by atoms with Gasteiger partial charge in [-0.05, 0) is 47.7 Å². The lowest BCUT2D eigenvalue weighted by Crippen LogP contribution is -2.42. The average Bonchev–Trinajstić information content (AvgIpc) is 3.33. The van der Waals surface area contributed by atoms with E-state index in [9.17, 15) is 4.79 Å². The molecule has 0 aliphatic carbocycles. The van der Waals surface area contributed by atoms with Crippen LogP contribution in [0, 0.1) is 0 Å². The first-order chi connectivity index (χ1) is 15.3. The van der Waals surface area contributed by atoms with Crippen molar-refractivity contribution in [2.75, 3.05) is 12.4 Å². The van der Waals surface area contributed by atoms with Gasteiger partial charge >= 0.3 is 0 Å². The highest BCUT2D eigenvalue weighted by Gasteiger charge is 2.30. The molecule has 1 saturated heterocycles. The molecule has 0 radical (unpaired) electrons. The number of rotatable bonds is 9. The number of carbonyl (C=O) groups excluding carboxylic acids is 1. The van der Waals surface area contributed by atoms with Gasteiger partial charge in [-0.15, -0.1) is 11.8 Å². The smallest absolute Gasteiger partial charge is 0.238 e. The van der Waals surface area contributed by atoms with Crippen LogP contribution in [-0.4, -0.2) is 29.3 Å². The van der Waals surface area contributed by atoms with Gasteiger partial charge < -0.3 is 10.1 Å². The van der Waals surface area contributed by atoms with Crippen LogP contribution in [0.5, 0.6) is 5.75 Å². The number of hydrogen-bond acceptors (Lipinski definition) is 5. The van der Waals surface area contributed by atoms with E-state index in [2.05, 4.69) is 39.9 Å². The number of aryl methyl sites for hydroxylation is 1. The van der Waals surface area contributed by atoms with E-state index < -0.39 is 0 Å². The number of thioether (sulfide) groups is 1. The van der Waals surface area contributed by atoms with E-state index in [4.69, 9.17) is 4.74 Å². The first-order valence-corrected chi connectivity index (χ1v) is 11.6. The molecule has 1 amide bonds.